The van der Waals surface area contributed by atoms with Crippen LogP contribution in [0.2, 0.25) is 0 Å². The first-order valence-corrected chi connectivity index (χ1v) is 6.02. The highest BCUT2D eigenvalue weighted by Gasteiger charge is 2.12. The molecule has 0 aliphatic carbocycles. The van der Waals surface area contributed by atoms with Crippen molar-refractivity contribution in [2.24, 2.45) is 0 Å². The first kappa shape index (κ1) is 12.2. The number of carboxylic acids is 1. The molecule has 0 unspecified atom stereocenters. The molecule has 3 rings (SSSR count). The van der Waals surface area contributed by atoms with Crippen LogP contribution in [0.25, 0.3) is 5.65 Å². The number of fused-ring (bicyclic) bond motifs is 1. The van der Waals surface area contributed by atoms with Gasteiger partial charge in [-0.25, -0.2) is 14.3 Å². The van der Waals surface area contributed by atoms with E-state index in [4.69, 9.17) is 5.11 Å². The van der Waals surface area contributed by atoms with Gasteiger partial charge in [0.15, 0.2) is 5.65 Å². The third kappa shape index (κ3) is 1.97. The van der Waals surface area contributed by atoms with Crippen LogP contribution in [0.5, 0.6) is 0 Å². The van der Waals surface area contributed by atoms with Crippen LogP contribution in [-0.4, -0.2) is 25.3 Å². The number of hydrogen-bond donors (Lipinski definition) is 1. The fourth-order valence-electron chi connectivity index (χ4n) is 2.10. The number of pyridine rings is 1. The van der Waals surface area contributed by atoms with Crippen LogP contribution in [-0.2, 0) is 6.54 Å². The molecule has 0 spiro atoms. The number of benzene rings is 1. The van der Waals surface area contributed by atoms with E-state index in [1.54, 1.807) is 42.6 Å². The van der Waals surface area contributed by atoms with Gasteiger partial charge in [-0.2, -0.15) is 0 Å². The Morgan fingerprint density at radius 1 is 1.15 bits per heavy atom. The van der Waals surface area contributed by atoms with Crippen molar-refractivity contribution in [1.82, 2.24) is 14.2 Å². The summed E-state index contributed by atoms with van der Waals surface area (Å²) in [7, 11) is 0. The van der Waals surface area contributed by atoms with Gasteiger partial charge in [0, 0.05) is 6.20 Å². The Bertz CT molecular complexity index is 848. The highest BCUT2D eigenvalue weighted by molar-refractivity contribution is 5.89. The van der Waals surface area contributed by atoms with Crippen molar-refractivity contribution in [3.63, 3.8) is 0 Å². The van der Waals surface area contributed by atoms with Crippen molar-refractivity contribution < 1.29 is 9.90 Å². The van der Waals surface area contributed by atoms with Gasteiger partial charge in [0.05, 0.1) is 12.1 Å². The molecule has 1 aromatic carbocycles. The fourth-order valence-corrected chi connectivity index (χ4v) is 2.10. The number of carbonyl (C=O) groups is 1. The second-order valence-corrected chi connectivity index (χ2v) is 4.33. The molecule has 2 aromatic heterocycles. The third-order valence-corrected chi connectivity index (χ3v) is 3.06. The molecule has 6 heteroatoms. The van der Waals surface area contributed by atoms with Gasteiger partial charge in [-0.05, 0) is 23.8 Å². The van der Waals surface area contributed by atoms with Gasteiger partial charge in [0.1, 0.15) is 0 Å². The number of hydrogen-bond acceptors (Lipinski definition) is 3. The highest BCUT2D eigenvalue weighted by atomic mass is 16.4. The first-order chi connectivity index (χ1) is 9.66. The van der Waals surface area contributed by atoms with E-state index in [0.29, 0.717) is 11.2 Å². The molecule has 20 heavy (non-hydrogen) atoms. The second-order valence-electron chi connectivity index (χ2n) is 4.33. The van der Waals surface area contributed by atoms with Crippen molar-refractivity contribution in [2.45, 2.75) is 6.54 Å². The lowest BCUT2D eigenvalue weighted by Gasteiger charge is -2.04. The molecular weight excluding hydrogens is 258 g/mol. The summed E-state index contributed by atoms with van der Waals surface area (Å²) in [6.45, 7) is 0.128. The molecule has 0 atom stereocenters. The standard InChI is InChI=1S/C14H11N3O3/c18-13(19)11-6-2-1-5-10(11)9-17-14(20)16-8-4-3-7-12(16)15-17/h1-8H,9H2,(H,18,19). The molecule has 1 N–H and O–H groups in total. The average Bonchev–Trinajstić information content (AvgIpc) is 2.76. The van der Waals surface area contributed by atoms with Crippen molar-refractivity contribution in [1.29, 1.82) is 0 Å². The number of rotatable bonds is 3. The molecule has 100 valence electrons. The monoisotopic (exact) mass is 269 g/mol. The van der Waals surface area contributed by atoms with Crippen LogP contribution in [0.4, 0.5) is 0 Å². The fraction of sp³-hybridized carbons (Fsp3) is 0.0714. The van der Waals surface area contributed by atoms with Crippen LogP contribution in [0.1, 0.15) is 15.9 Å². The first-order valence-electron chi connectivity index (χ1n) is 6.02. The van der Waals surface area contributed by atoms with Crippen LogP contribution in [0.3, 0.4) is 0 Å². The van der Waals surface area contributed by atoms with Gasteiger partial charge in [0.2, 0.25) is 0 Å². The predicted molar refractivity (Wildman–Crippen MR) is 72.0 cm³/mol. The minimum Gasteiger partial charge on any atom is -0.478 e. The molecule has 6 nitrogen and oxygen atoms in total. The quantitative estimate of drug-likeness (QED) is 0.776. The molecule has 2 heterocycles. The normalized spacial score (nSPS) is 10.8. The minimum absolute atomic E-state index is 0.128. The Kier molecular flexibility index (Phi) is 2.83. The number of aromatic nitrogens is 3. The molecule has 3 aromatic rings. The largest absolute Gasteiger partial charge is 0.478 e. The molecule has 0 aliphatic rings. The van der Waals surface area contributed by atoms with Gasteiger partial charge in [-0.15, -0.1) is 5.10 Å². The van der Waals surface area contributed by atoms with Crippen LogP contribution in [0, 0.1) is 0 Å². The molecule has 0 amide bonds. The highest BCUT2D eigenvalue weighted by Crippen LogP contribution is 2.10. The van der Waals surface area contributed by atoms with Crippen molar-refractivity contribution in [3.05, 3.63) is 70.3 Å². The van der Waals surface area contributed by atoms with E-state index in [0.717, 1.165) is 0 Å². The summed E-state index contributed by atoms with van der Waals surface area (Å²) < 4.78 is 2.68. The molecule has 0 saturated heterocycles. The van der Waals surface area contributed by atoms with Crippen molar-refractivity contribution in [3.8, 4) is 0 Å². The lowest BCUT2D eigenvalue weighted by atomic mass is 10.1. The van der Waals surface area contributed by atoms with Crippen LogP contribution in [0.15, 0.2) is 53.5 Å². The van der Waals surface area contributed by atoms with E-state index < -0.39 is 5.97 Å². The van der Waals surface area contributed by atoms with E-state index in [9.17, 15) is 9.59 Å². The summed E-state index contributed by atoms with van der Waals surface area (Å²) in [5.41, 5.74) is 0.966. The third-order valence-electron chi connectivity index (χ3n) is 3.06. The van der Waals surface area contributed by atoms with Crippen molar-refractivity contribution >= 4 is 11.6 Å². The molecular formula is C14H11N3O3. The smallest absolute Gasteiger partial charge is 0.350 e. The topological polar surface area (TPSA) is 76.6 Å². The Hall–Kier alpha value is -2.89. The number of nitrogens with zero attached hydrogens (tertiary/aromatic N) is 3. The average molecular weight is 269 g/mol. The number of aromatic carboxylic acids is 1. The number of carboxylic acid groups (broad SMARTS) is 1. The molecule has 0 fully saturated rings. The van der Waals surface area contributed by atoms with E-state index in [1.165, 1.54) is 15.1 Å². The predicted octanol–water partition coefficient (Wildman–Crippen LogP) is 1.24. The lowest BCUT2D eigenvalue weighted by Crippen LogP contribution is -2.22. The summed E-state index contributed by atoms with van der Waals surface area (Å²) >= 11 is 0. The second kappa shape index (κ2) is 4.65. The lowest BCUT2D eigenvalue weighted by molar-refractivity contribution is 0.0695. The molecule has 0 radical (unpaired) electrons. The maximum absolute atomic E-state index is 12.1. The summed E-state index contributed by atoms with van der Waals surface area (Å²) in [5, 5.41) is 13.3. The Labute approximate surface area is 113 Å². The summed E-state index contributed by atoms with van der Waals surface area (Å²) in [6, 6.07) is 11.8. The Morgan fingerprint density at radius 3 is 2.65 bits per heavy atom. The van der Waals surface area contributed by atoms with Gasteiger partial charge in [-0.3, -0.25) is 4.40 Å². The molecule has 0 aliphatic heterocycles. The zero-order valence-electron chi connectivity index (χ0n) is 10.4. The Balaban J connectivity index is 2.08. The molecule has 0 bridgehead atoms. The summed E-state index contributed by atoms with van der Waals surface area (Å²) in [6.07, 6.45) is 1.63. The van der Waals surface area contributed by atoms with E-state index in [1.807, 2.05) is 0 Å². The Morgan fingerprint density at radius 2 is 1.90 bits per heavy atom. The minimum atomic E-state index is -1.02. The zero-order chi connectivity index (χ0) is 14.1. The zero-order valence-corrected chi connectivity index (χ0v) is 10.4. The van der Waals surface area contributed by atoms with Crippen LogP contribution < -0.4 is 5.69 Å². The SMILES string of the molecule is O=C(O)c1ccccc1Cn1nc2ccccn2c1=O. The summed E-state index contributed by atoms with van der Waals surface area (Å²) in [5.74, 6) is -1.02. The van der Waals surface area contributed by atoms with Crippen LogP contribution >= 0.6 is 0 Å². The van der Waals surface area contributed by atoms with E-state index >= 15 is 0 Å². The summed E-state index contributed by atoms with van der Waals surface area (Å²) in [4.78, 5) is 23.3. The maximum Gasteiger partial charge on any atom is 0.350 e. The van der Waals surface area contributed by atoms with Gasteiger partial charge >= 0.3 is 11.7 Å². The maximum atomic E-state index is 12.1. The van der Waals surface area contributed by atoms with E-state index in [2.05, 4.69) is 5.10 Å². The van der Waals surface area contributed by atoms with E-state index in [-0.39, 0.29) is 17.8 Å². The molecule has 0 saturated carbocycles. The van der Waals surface area contributed by atoms with Gasteiger partial charge in [0.25, 0.3) is 0 Å². The van der Waals surface area contributed by atoms with Gasteiger partial charge in [-0.1, -0.05) is 24.3 Å². The van der Waals surface area contributed by atoms with Crippen molar-refractivity contribution in [2.75, 3.05) is 0 Å². The van der Waals surface area contributed by atoms with Gasteiger partial charge < -0.3 is 5.11 Å².